The van der Waals surface area contributed by atoms with Crippen LogP contribution in [0.1, 0.15) is 13.8 Å². The second-order valence-corrected chi connectivity index (χ2v) is 1.28. The standard InChI is InChI=1S/C3H9NO.2ClH/c1-3(2)4-5;;/h3-5H,1-2H3;2*1H. The second-order valence-electron chi connectivity index (χ2n) is 1.28. The zero-order valence-corrected chi connectivity index (χ0v) is 5.97. The van der Waals surface area contributed by atoms with Gasteiger partial charge < -0.3 is 5.21 Å². The van der Waals surface area contributed by atoms with Crippen molar-refractivity contribution in [3.05, 3.63) is 0 Å². The quantitative estimate of drug-likeness (QED) is 0.548. The van der Waals surface area contributed by atoms with Gasteiger partial charge in [0.05, 0.1) is 0 Å². The lowest BCUT2D eigenvalue weighted by molar-refractivity contribution is 0.140. The highest BCUT2D eigenvalue weighted by Crippen LogP contribution is 1.66. The van der Waals surface area contributed by atoms with Crippen LogP contribution in [-0.4, -0.2) is 11.2 Å². The van der Waals surface area contributed by atoms with Gasteiger partial charge in [-0.1, -0.05) is 0 Å². The Morgan fingerprint density at radius 3 is 1.43 bits per heavy atom. The molecule has 0 rings (SSSR count). The van der Waals surface area contributed by atoms with Crippen LogP contribution in [0.3, 0.4) is 0 Å². The third-order valence-electron chi connectivity index (χ3n) is 0.258. The van der Waals surface area contributed by atoms with Gasteiger partial charge in [0.1, 0.15) is 0 Å². The van der Waals surface area contributed by atoms with Gasteiger partial charge in [-0.2, -0.15) is 0 Å². The van der Waals surface area contributed by atoms with E-state index < -0.39 is 0 Å². The molecule has 0 unspecified atom stereocenters. The summed E-state index contributed by atoms with van der Waals surface area (Å²) in [4.78, 5) is 0. The van der Waals surface area contributed by atoms with Crippen LogP contribution in [-0.2, 0) is 0 Å². The Kier molecular flexibility index (Phi) is 21.7. The van der Waals surface area contributed by atoms with Crippen molar-refractivity contribution in [2.45, 2.75) is 19.9 Å². The fourth-order valence-electron chi connectivity index (χ4n) is 0. The summed E-state index contributed by atoms with van der Waals surface area (Å²) in [6.07, 6.45) is 0. The van der Waals surface area contributed by atoms with E-state index in [0.717, 1.165) is 0 Å². The molecule has 2 nitrogen and oxygen atoms in total. The Labute approximate surface area is 56.1 Å². The SMILES string of the molecule is CC(C)NO.Cl.Cl. The predicted octanol–water partition coefficient (Wildman–Crippen LogP) is 1.22. The minimum Gasteiger partial charge on any atom is -0.317 e. The van der Waals surface area contributed by atoms with Crippen molar-refractivity contribution < 1.29 is 5.21 Å². The molecule has 0 heterocycles. The van der Waals surface area contributed by atoms with Gasteiger partial charge in [0.15, 0.2) is 0 Å². The maximum absolute atomic E-state index is 7.89. The number of hydroxylamine groups is 1. The van der Waals surface area contributed by atoms with E-state index in [0.29, 0.717) is 0 Å². The first kappa shape index (κ1) is 15.6. The summed E-state index contributed by atoms with van der Waals surface area (Å²) in [6, 6.07) is 0.190. The van der Waals surface area contributed by atoms with Gasteiger partial charge in [0.2, 0.25) is 0 Å². The topological polar surface area (TPSA) is 32.3 Å². The van der Waals surface area contributed by atoms with Gasteiger partial charge in [-0.15, -0.1) is 24.8 Å². The average Bonchev–Trinajstić information content (AvgIpc) is 1.38. The number of rotatable bonds is 1. The second kappa shape index (κ2) is 9.71. The highest BCUT2D eigenvalue weighted by atomic mass is 35.5. The van der Waals surface area contributed by atoms with Crippen molar-refractivity contribution in [1.82, 2.24) is 5.48 Å². The van der Waals surface area contributed by atoms with Crippen molar-refractivity contribution in [2.24, 2.45) is 0 Å². The van der Waals surface area contributed by atoms with Gasteiger partial charge in [-0.25, -0.2) is 5.48 Å². The lowest BCUT2D eigenvalue weighted by atomic mass is 10.4. The number of nitrogens with one attached hydrogen (secondary N) is 1. The molecule has 0 amide bonds. The predicted molar refractivity (Wildman–Crippen MR) is 34.6 cm³/mol. The molecule has 0 saturated carbocycles. The van der Waals surface area contributed by atoms with Crippen molar-refractivity contribution in [3.8, 4) is 0 Å². The normalized spacial score (nSPS) is 6.86. The van der Waals surface area contributed by atoms with E-state index in [-0.39, 0.29) is 30.9 Å². The van der Waals surface area contributed by atoms with E-state index >= 15 is 0 Å². The van der Waals surface area contributed by atoms with Crippen molar-refractivity contribution >= 4 is 24.8 Å². The smallest absolute Gasteiger partial charge is 0.0263 e. The molecule has 0 aromatic rings. The summed E-state index contributed by atoms with van der Waals surface area (Å²) in [5, 5.41) is 7.89. The number of halogens is 2. The summed E-state index contributed by atoms with van der Waals surface area (Å²) >= 11 is 0. The summed E-state index contributed by atoms with van der Waals surface area (Å²) in [6.45, 7) is 3.72. The molecule has 4 heteroatoms. The fraction of sp³-hybridized carbons (Fsp3) is 1.00. The van der Waals surface area contributed by atoms with E-state index in [4.69, 9.17) is 5.21 Å². The summed E-state index contributed by atoms with van der Waals surface area (Å²) in [7, 11) is 0. The third-order valence-corrected chi connectivity index (χ3v) is 0.258. The average molecular weight is 148 g/mol. The molecular weight excluding hydrogens is 137 g/mol. The highest BCUT2D eigenvalue weighted by molar-refractivity contribution is 5.85. The van der Waals surface area contributed by atoms with Crippen LogP contribution >= 0.6 is 24.8 Å². The monoisotopic (exact) mass is 147 g/mol. The van der Waals surface area contributed by atoms with Gasteiger partial charge in [0.25, 0.3) is 0 Å². The van der Waals surface area contributed by atoms with Crippen LogP contribution in [0.25, 0.3) is 0 Å². The lowest BCUT2D eigenvalue weighted by Crippen LogP contribution is -2.16. The van der Waals surface area contributed by atoms with Crippen LogP contribution in [0.4, 0.5) is 0 Å². The molecule has 0 aliphatic carbocycles. The Morgan fingerprint density at radius 2 is 1.43 bits per heavy atom. The first-order valence-corrected chi connectivity index (χ1v) is 1.67. The Balaban J connectivity index is -0.0000000800. The van der Waals surface area contributed by atoms with Crippen LogP contribution in [0.15, 0.2) is 0 Å². The maximum atomic E-state index is 7.89. The molecule has 0 atom stereocenters. The van der Waals surface area contributed by atoms with E-state index in [2.05, 4.69) is 0 Å². The van der Waals surface area contributed by atoms with Crippen molar-refractivity contribution in [2.75, 3.05) is 0 Å². The van der Waals surface area contributed by atoms with Crippen LogP contribution in [0.2, 0.25) is 0 Å². The molecule has 0 aliphatic rings. The Morgan fingerprint density at radius 1 is 1.29 bits per heavy atom. The molecule has 0 spiro atoms. The molecule has 0 aromatic carbocycles. The van der Waals surface area contributed by atoms with Crippen molar-refractivity contribution in [3.63, 3.8) is 0 Å². The minimum atomic E-state index is 0. The number of hydrogen-bond acceptors (Lipinski definition) is 2. The first-order valence-electron chi connectivity index (χ1n) is 1.67. The summed E-state index contributed by atoms with van der Waals surface area (Å²) in [5.41, 5.74) is 2.03. The van der Waals surface area contributed by atoms with E-state index in [1.54, 1.807) is 0 Å². The molecule has 0 bridgehead atoms. The van der Waals surface area contributed by atoms with Crippen LogP contribution in [0.5, 0.6) is 0 Å². The van der Waals surface area contributed by atoms with Gasteiger partial charge in [0, 0.05) is 6.04 Å². The minimum absolute atomic E-state index is 0. The molecule has 0 radical (unpaired) electrons. The van der Waals surface area contributed by atoms with Gasteiger partial charge in [-0.05, 0) is 13.8 Å². The van der Waals surface area contributed by atoms with Crippen LogP contribution in [0, 0.1) is 0 Å². The fourth-order valence-corrected chi connectivity index (χ4v) is 0. The summed E-state index contributed by atoms with van der Waals surface area (Å²) < 4.78 is 0. The molecule has 2 N–H and O–H groups in total. The zero-order chi connectivity index (χ0) is 4.28. The molecule has 48 valence electrons. The molecule has 0 saturated heterocycles. The lowest BCUT2D eigenvalue weighted by Gasteiger charge is -1.93. The molecule has 0 aliphatic heterocycles. The number of hydrogen-bond donors (Lipinski definition) is 2. The van der Waals surface area contributed by atoms with Gasteiger partial charge in [-0.3, -0.25) is 0 Å². The zero-order valence-electron chi connectivity index (χ0n) is 4.34. The van der Waals surface area contributed by atoms with E-state index in [1.165, 1.54) is 0 Å². The first-order chi connectivity index (χ1) is 2.27. The molecule has 0 fully saturated rings. The molecule has 0 aromatic heterocycles. The van der Waals surface area contributed by atoms with Crippen LogP contribution < -0.4 is 5.48 Å². The molecule has 7 heavy (non-hydrogen) atoms. The van der Waals surface area contributed by atoms with Gasteiger partial charge >= 0.3 is 0 Å². The van der Waals surface area contributed by atoms with E-state index in [9.17, 15) is 0 Å². The molecular formula is C3H11Cl2NO. The Hall–Kier alpha value is 0.500. The largest absolute Gasteiger partial charge is 0.317 e. The Bertz CT molecular complexity index is 26.9. The van der Waals surface area contributed by atoms with E-state index in [1.807, 2.05) is 19.3 Å². The third kappa shape index (κ3) is 21.1. The highest BCUT2D eigenvalue weighted by Gasteiger charge is 1.78. The summed E-state index contributed by atoms with van der Waals surface area (Å²) in [5.74, 6) is 0. The maximum Gasteiger partial charge on any atom is 0.0263 e. The van der Waals surface area contributed by atoms with Crippen molar-refractivity contribution in [1.29, 1.82) is 0 Å².